The highest BCUT2D eigenvalue weighted by Crippen LogP contribution is 2.26. The second-order valence-electron chi connectivity index (χ2n) is 7.29. The molecule has 0 bridgehead atoms. The van der Waals surface area contributed by atoms with Crippen LogP contribution in [0, 0.1) is 0 Å². The number of pyridine rings is 2. The molecule has 1 aliphatic rings. The summed E-state index contributed by atoms with van der Waals surface area (Å²) in [4.78, 5) is 36.2. The van der Waals surface area contributed by atoms with E-state index in [2.05, 4.69) is 20.2 Å². The van der Waals surface area contributed by atoms with Crippen molar-refractivity contribution in [2.45, 2.75) is 25.8 Å². The van der Waals surface area contributed by atoms with Crippen LogP contribution < -0.4 is 21.5 Å². The third kappa shape index (κ3) is 4.88. The summed E-state index contributed by atoms with van der Waals surface area (Å²) < 4.78 is 0. The van der Waals surface area contributed by atoms with Crippen LogP contribution in [-0.2, 0) is 4.79 Å². The number of hydrogen-bond donors (Lipinski definition) is 3. The van der Waals surface area contributed by atoms with Crippen molar-refractivity contribution in [1.29, 1.82) is 0 Å². The quantitative estimate of drug-likeness (QED) is 0.601. The fraction of sp³-hybridized carbons (Fsp3) is 0.409. The molecule has 3 rings (SSSR count). The smallest absolute Gasteiger partial charge is 0.271 e. The number of nitrogens with zero attached hydrogens (tertiary/aromatic N) is 3. The van der Waals surface area contributed by atoms with Crippen LogP contribution in [0.25, 0.3) is 11.1 Å². The number of nitrogens with one attached hydrogen (secondary N) is 2. The van der Waals surface area contributed by atoms with Gasteiger partial charge < -0.3 is 25.8 Å². The second-order valence-corrected chi connectivity index (χ2v) is 7.29. The van der Waals surface area contributed by atoms with Crippen molar-refractivity contribution in [3.05, 3.63) is 53.1 Å². The SMILES string of the molecule is CCN(c1cc(-c2ccnc(NC)c2)c[nH]c1=O)[C@@H]1CCCN(C(=O)C=CCN)C1. The summed E-state index contributed by atoms with van der Waals surface area (Å²) in [5.74, 6) is 0.736. The number of likely N-dealkylation sites (tertiary alicyclic amines) is 1. The maximum Gasteiger partial charge on any atom is 0.271 e. The molecule has 0 radical (unpaired) electrons. The molecular weight excluding hydrogens is 380 g/mol. The minimum absolute atomic E-state index is 0.0276. The molecule has 1 atom stereocenters. The van der Waals surface area contributed by atoms with E-state index in [1.807, 2.05) is 37.1 Å². The largest absolute Gasteiger partial charge is 0.373 e. The van der Waals surface area contributed by atoms with Gasteiger partial charge in [-0.15, -0.1) is 0 Å². The number of anilines is 2. The first-order valence-electron chi connectivity index (χ1n) is 10.4. The molecule has 2 aromatic rings. The Morgan fingerprint density at radius 3 is 3.00 bits per heavy atom. The van der Waals surface area contributed by atoms with Gasteiger partial charge in [0.05, 0.1) is 0 Å². The number of likely N-dealkylation sites (N-methyl/N-ethyl adjacent to an activating group) is 1. The second kappa shape index (κ2) is 10.1. The minimum Gasteiger partial charge on any atom is -0.373 e. The molecule has 0 spiro atoms. The third-order valence-corrected chi connectivity index (χ3v) is 5.43. The zero-order valence-electron chi connectivity index (χ0n) is 17.6. The molecule has 0 saturated carbocycles. The van der Waals surface area contributed by atoms with Gasteiger partial charge in [0.25, 0.3) is 5.56 Å². The fourth-order valence-corrected chi connectivity index (χ4v) is 3.91. The number of aromatic nitrogens is 2. The van der Waals surface area contributed by atoms with E-state index in [-0.39, 0.29) is 17.5 Å². The Bertz CT molecular complexity index is 955. The number of H-pyrrole nitrogens is 1. The molecule has 160 valence electrons. The van der Waals surface area contributed by atoms with E-state index < -0.39 is 0 Å². The molecule has 2 aromatic heterocycles. The normalized spacial score (nSPS) is 16.6. The first-order chi connectivity index (χ1) is 14.6. The molecule has 0 aliphatic carbocycles. The van der Waals surface area contributed by atoms with Crippen molar-refractivity contribution >= 4 is 17.4 Å². The lowest BCUT2D eigenvalue weighted by Crippen LogP contribution is -2.50. The highest BCUT2D eigenvalue weighted by molar-refractivity contribution is 5.87. The van der Waals surface area contributed by atoms with E-state index in [1.54, 1.807) is 18.5 Å². The highest BCUT2D eigenvalue weighted by Gasteiger charge is 2.28. The van der Waals surface area contributed by atoms with Gasteiger partial charge in [-0.2, -0.15) is 0 Å². The van der Waals surface area contributed by atoms with Crippen molar-refractivity contribution in [2.75, 3.05) is 43.4 Å². The van der Waals surface area contributed by atoms with Gasteiger partial charge in [-0.1, -0.05) is 6.08 Å². The number of hydrogen-bond acceptors (Lipinski definition) is 6. The van der Waals surface area contributed by atoms with Gasteiger partial charge in [0, 0.05) is 63.3 Å². The van der Waals surface area contributed by atoms with Crippen molar-refractivity contribution in [3.8, 4) is 11.1 Å². The van der Waals surface area contributed by atoms with Crippen molar-refractivity contribution in [1.82, 2.24) is 14.9 Å². The number of carbonyl (C=O) groups excluding carboxylic acids is 1. The van der Waals surface area contributed by atoms with Crippen molar-refractivity contribution < 1.29 is 4.79 Å². The number of piperidine rings is 1. The lowest BCUT2D eigenvalue weighted by Gasteiger charge is -2.39. The van der Waals surface area contributed by atoms with E-state index in [4.69, 9.17) is 5.73 Å². The van der Waals surface area contributed by atoms with Crippen LogP contribution in [0.2, 0.25) is 0 Å². The summed E-state index contributed by atoms with van der Waals surface area (Å²) in [6, 6.07) is 5.87. The molecule has 4 N–H and O–H groups in total. The standard InChI is InChI=1S/C22H30N6O2/c1-3-28(18-6-5-11-27(15-18)21(29)7-4-9-23)19-12-17(14-26-22(19)30)16-8-10-25-20(13-16)24-2/h4,7-8,10,12-14,18H,3,5-6,9,11,15,23H2,1-2H3,(H,24,25)(H,26,30)/t18-/m1/s1. The third-order valence-electron chi connectivity index (χ3n) is 5.43. The van der Waals surface area contributed by atoms with Crippen LogP contribution in [0.4, 0.5) is 11.5 Å². The molecule has 1 saturated heterocycles. The average molecular weight is 411 g/mol. The Morgan fingerprint density at radius 1 is 1.43 bits per heavy atom. The Morgan fingerprint density at radius 2 is 2.27 bits per heavy atom. The molecule has 0 aromatic carbocycles. The van der Waals surface area contributed by atoms with Gasteiger partial charge >= 0.3 is 0 Å². The summed E-state index contributed by atoms with van der Waals surface area (Å²) in [6.45, 7) is 4.37. The maximum atomic E-state index is 12.7. The Hall–Kier alpha value is -3.13. The zero-order valence-corrected chi connectivity index (χ0v) is 17.6. The fourth-order valence-electron chi connectivity index (χ4n) is 3.91. The molecule has 8 nitrogen and oxygen atoms in total. The first kappa shape index (κ1) is 21.6. The molecule has 8 heteroatoms. The summed E-state index contributed by atoms with van der Waals surface area (Å²) in [5, 5.41) is 3.03. The molecule has 0 unspecified atom stereocenters. The zero-order chi connectivity index (χ0) is 21.5. The number of rotatable bonds is 7. The minimum atomic E-state index is -0.130. The van der Waals surface area contributed by atoms with Gasteiger partial charge in [0.15, 0.2) is 0 Å². The van der Waals surface area contributed by atoms with Crippen LogP contribution in [0.1, 0.15) is 19.8 Å². The van der Waals surface area contributed by atoms with Gasteiger partial charge in [-0.3, -0.25) is 9.59 Å². The van der Waals surface area contributed by atoms with Crippen LogP contribution in [0.15, 0.2) is 47.5 Å². The number of nitrogens with two attached hydrogens (primary N) is 1. The van der Waals surface area contributed by atoms with Crippen LogP contribution in [0.5, 0.6) is 0 Å². The van der Waals surface area contributed by atoms with E-state index in [0.29, 0.717) is 25.3 Å². The molecule has 3 heterocycles. The van der Waals surface area contributed by atoms with E-state index in [0.717, 1.165) is 36.3 Å². The average Bonchev–Trinajstić information content (AvgIpc) is 2.79. The van der Waals surface area contributed by atoms with Crippen LogP contribution in [-0.4, -0.2) is 60.0 Å². The monoisotopic (exact) mass is 410 g/mol. The van der Waals surface area contributed by atoms with Gasteiger partial charge in [0.2, 0.25) is 5.91 Å². The summed E-state index contributed by atoms with van der Waals surface area (Å²) in [6.07, 6.45) is 8.50. The highest BCUT2D eigenvalue weighted by atomic mass is 16.2. The first-order valence-corrected chi connectivity index (χ1v) is 10.4. The van der Waals surface area contributed by atoms with E-state index in [9.17, 15) is 9.59 Å². The maximum absolute atomic E-state index is 12.7. The topological polar surface area (TPSA) is 107 Å². The van der Waals surface area contributed by atoms with Crippen LogP contribution >= 0.6 is 0 Å². The molecule has 30 heavy (non-hydrogen) atoms. The lowest BCUT2D eigenvalue weighted by atomic mass is 10.0. The Labute approximate surface area is 176 Å². The predicted octanol–water partition coefficient (Wildman–Crippen LogP) is 1.81. The summed E-state index contributed by atoms with van der Waals surface area (Å²) >= 11 is 0. The Kier molecular flexibility index (Phi) is 7.24. The molecular formula is C22H30N6O2. The number of aromatic amines is 1. The predicted molar refractivity (Wildman–Crippen MR) is 121 cm³/mol. The summed E-state index contributed by atoms with van der Waals surface area (Å²) in [5.41, 5.74) is 7.84. The lowest BCUT2D eigenvalue weighted by molar-refractivity contribution is -0.127. The van der Waals surface area contributed by atoms with E-state index >= 15 is 0 Å². The molecule has 1 amide bonds. The van der Waals surface area contributed by atoms with Gasteiger partial charge in [-0.25, -0.2) is 4.98 Å². The van der Waals surface area contributed by atoms with Crippen molar-refractivity contribution in [3.63, 3.8) is 0 Å². The number of amides is 1. The van der Waals surface area contributed by atoms with Gasteiger partial charge in [-0.05, 0) is 43.5 Å². The number of carbonyl (C=O) groups is 1. The molecule has 1 fully saturated rings. The molecule has 1 aliphatic heterocycles. The van der Waals surface area contributed by atoms with Crippen LogP contribution in [0.3, 0.4) is 0 Å². The van der Waals surface area contributed by atoms with Crippen molar-refractivity contribution in [2.24, 2.45) is 5.73 Å². The van der Waals surface area contributed by atoms with E-state index in [1.165, 1.54) is 6.08 Å². The summed E-state index contributed by atoms with van der Waals surface area (Å²) in [7, 11) is 1.82. The van der Waals surface area contributed by atoms with Gasteiger partial charge in [0.1, 0.15) is 11.5 Å². The Balaban J connectivity index is 1.88.